The monoisotopic (exact) mass is 178 g/mol. The molecule has 3 rings (SSSR count). The van der Waals surface area contributed by atoms with Crippen LogP contribution in [0.3, 0.4) is 0 Å². The minimum absolute atomic E-state index is 0.315. The van der Waals surface area contributed by atoms with Crippen LogP contribution in [0.2, 0.25) is 0 Å². The average molecular weight is 178 g/mol. The molecule has 2 aliphatic rings. The zero-order valence-electron chi connectivity index (χ0n) is 7.62. The lowest BCUT2D eigenvalue weighted by molar-refractivity contribution is 0.257. The van der Waals surface area contributed by atoms with Gasteiger partial charge in [-0.2, -0.15) is 0 Å². The van der Waals surface area contributed by atoms with Gasteiger partial charge in [0.05, 0.1) is 6.26 Å². The first kappa shape index (κ1) is 7.63. The van der Waals surface area contributed by atoms with Crippen LogP contribution in [0.5, 0.6) is 0 Å². The van der Waals surface area contributed by atoms with Crippen molar-refractivity contribution in [3.63, 3.8) is 0 Å². The molecule has 0 aromatic carbocycles. The Morgan fingerprint density at radius 3 is 3.31 bits per heavy atom. The van der Waals surface area contributed by atoms with Crippen LogP contribution >= 0.6 is 0 Å². The van der Waals surface area contributed by atoms with E-state index in [0.717, 1.165) is 12.8 Å². The molecule has 1 spiro atoms. The van der Waals surface area contributed by atoms with Crippen molar-refractivity contribution in [1.29, 1.82) is 0 Å². The highest BCUT2D eigenvalue weighted by Gasteiger charge is 2.56. The summed E-state index contributed by atoms with van der Waals surface area (Å²) in [7, 11) is 0. The normalized spacial score (nSPS) is 36.2. The first-order chi connectivity index (χ1) is 6.37. The number of rotatable bonds is 1. The summed E-state index contributed by atoms with van der Waals surface area (Å²) >= 11 is 0. The van der Waals surface area contributed by atoms with E-state index >= 15 is 0 Å². The van der Waals surface area contributed by atoms with E-state index in [0.29, 0.717) is 17.9 Å². The molecular formula is C11H14O2. The van der Waals surface area contributed by atoms with Crippen LogP contribution < -0.4 is 0 Å². The molecule has 1 aromatic rings. The van der Waals surface area contributed by atoms with Crippen molar-refractivity contribution in [2.24, 2.45) is 5.92 Å². The van der Waals surface area contributed by atoms with Gasteiger partial charge in [0.25, 0.3) is 0 Å². The zero-order chi connectivity index (χ0) is 8.89. The molecule has 0 saturated heterocycles. The van der Waals surface area contributed by atoms with E-state index in [1.807, 2.05) is 0 Å². The van der Waals surface area contributed by atoms with Crippen LogP contribution in [0, 0.1) is 5.92 Å². The second-order valence-electron chi connectivity index (χ2n) is 4.35. The zero-order valence-corrected chi connectivity index (χ0v) is 7.62. The molecular weight excluding hydrogens is 164 g/mol. The molecule has 1 fully saturated rings. The van der Waals surface area contributed by atoms with Crippen molar-refractivity contribution in [2.45, 2.75) is 31.1 Å². The van der Waals surface area contributed by atoms with E-state index in [-0.39, 0.29) is 0 Å². The molecule has 1 aromatic heterocycles. The van der Waals surface area contributed by atoms with Gasteiger partial charge < -0.3 is 9.52 Å². The quantitative estimate of drug-likeness (QED) is 0.712. The number of fused-ring (bicyclic) bond motifs is 2. The van der Waals surface area contributed by atoms with Crippen molar-refractivity contribution in [1.82, 2.24) is 0 Å². The molecule has 0 aliphatic heterocycles. The summed E-state index contributed by atoms with van der Waals surface area (Å²) in [6, 6.07) is 2.10. The number of furan rings is 1. The van der Waals surface area contributed by atoms with Gasteiger partial charge in [-0.1, -0.05) is 0 Å². The van der Waals surface area contributed by atoms with Crippen LogP contribution in [-0.2, 0) is 11.8 Å². The van der Waals surface area contributed by atoms with Gasteiger partial charge in [-0.15, -0.1) is 0 Å². The third kappa shape index (κ3) is 0.869. The summed E-state index contributed by atoms with van der Waals surface area (Å²) < 4.78 is 5.44. The number of hydrogen-bond acceptors (Lipinski definition) is 2. The highest BCUT2D eigenvalue weighted by Crippen LogP contribution is 2.60. The molecule has 0 amide bonds. The van der Waals surface area contributed by atoms with Crippen molar-refractivity contribution >= 4 is 0 Å². The van der Waals surface area contributed by atoms with Crippen molar-refractivity contribution in [3.8, 4) is 0 Å². The van der Waals surface area contributed by atoms with E-state index in [1.165, 1.54) is 24.2 Å². The van der Waals surface area contributed by atoms with Gasteiger partial charge in [-0.25, -0.2) is 0 Å². The van der Waals surface area contributed by atoms with E-state index in [1.54, 1.807) is 6.26 Å². The Morgan fingerprint density at radius 2 is 2.54 bits per heavy atom. The molecule has 2 nitrogen and oxygen atoms in total. The number of aliphatic hydroxyl groups excluding tert-OH is 1. The molecule has 1 saturated carbocycles. The Morgan fingerprint density at radius 1 is 1.62 bits per heavy atom. The molecule has 70 valence electrons. The average Bonchev–Trinajstić information content (AvgIpc) is 2.61. The summed E-state index contributed by atoms with van der Waals surface area (Å²) in [5.41, 5.74) is 1.70. The maximum absolute atomic E-state index is 9.16. The predicted molar refractivity (Wildman–Crippen MR) is 48.5 cm³/mol. The maximum Gasteiger partial charge on any atom is 0.107 e. The third-order valence-electron chi connectivity index (χ3n) is 3.76. The Kier molecular flexibility index (Phi) is 1.40. The molecule has 2 unspecified atom stereocenters. The SMILES string of the molecule is OCC1CC12CCCc1occc12. The summed E-state index contributed by atoms with van der Waals surface area (Å²) in [5.74, 6) is 1.67. The summed E-state index contributed by atoms with van der Waals surface area (Å²) in [5, 5.41) is 9.16. The van der Waals surface area contributed by atoms with Crippen LogP contribution in [0.25, 0.3) is 0 Å². The van der Waals surface area contributed by atoms with Gasteiger partial charge in [0.1, 0.15) is 5.76 Å². The fraction of sp³-hybridized carbons (Fsp3) is 0.636. The molecule has 2 aliphatic carbocycles. The summed E-state index contributed by atoms with van der Waals surface area (Å²) in [4.78, 5) is 0. The van der Waals surface area contributed by atoms with Crippen molar-refractivity contribution in [2.75, 3.05) is 6.61 Å². The Labute approximate surface area is 77.6 Å². The van der Waals surface area contributed by atoms with Crippen LogP contribution in [0.1, 0.15) is 30.6 Å². The highest BCUT2D eigenvalue weighted by atomic mass is 16.3. The van der Waals surface area contributed by atoms with Gasteiger partial charge in [0, 0.05) is 24.0 Å². The minimum atomic E-state index is 0.315. The number of aryl methyl sites for hydroxylation is 1. The molecule has 2 heteroatoms. The van der Waals surface area contributed by atoms with Crippen LogP contribution in [-0.4, -0.2) is 11.7 Å². The van der Waals surface area contributed by atoms with Gasteiger partial charge in [0.15, 0.2) is 0 Å². The van der Waals surface area contributed by atoms with Gasteiger partial charge in [-0.3, -0.25) is 0 Å². The molecule has 13 heavy (non-hydrogen) atoms. The second-order valence-corrected chi connectivity index (χ2v) is 4.35. The first-order valence-corrected chi connectivity index (χ1v) is 5.04. The van der Waals surface area contributed by atoms with Crippen molar-refractivity contribution in [3.05, 3.63) is 23.7 Å². The topological polar surface area (TPSA) is 33.4 Å². The fourth-order valence-corrected chi connectivity index (χ4v) is 2.93. The highest BCUT2D eigenvalue weighted by molar-refractivity contribution is 5.38. The fourth-order valence-electron chi connectivity index (χ4n) is 2.93. The standard InChI is InChI=1S/C11H14O2/c12-7-8-6-11(8)4-1-2-10-9(11)3-5-13-10/h3,5,8,12H,1-2,4,6-7H2. The molecule has 0 bridgehead atoms. The van der Waals surface area contributed by atoms with Gasteiger partial charge in [0.2, 0.25) is 0 Å². The molecule has 1 N–H and O–H groups in total. The van der Waals surface area contributed by atoms with E-state index in [4.69, 9.17) is 9.52 Å². The number of aliphatic hydroxyl groups is 1. The lowest BCUT2D eigenvalue weighted by atomic mass is 9.82. The minimum Gasteiger partial charge on any atom is -0.469 e. The lowest BCUT2D eigenvalue weighted by Crippen LogP contribution is -2.17. The van der Waals surface area contributed by atoms with E-state index < -0.39 is 0 Å². The first-order valence-electron chi connectivity index (χ1n) is 5.04. The van der Waals surface area contributed by atoms with Gasteiger partial charge in [-0.05, 0) is 31.2 Å². The van der Waals surface area contributed by atoms with Crippen molar-refractivity contribution < 1.29 is 9.52 Å². The maximum atomic E-state index is 9.16. The Hall–Kier alpha value is -0.760. The smallest absolute Gasteiger partial charge is 0.107 e. The second kappa shape index (κ2) is 2.38. The molecule has 1 heterocycles. The molecule has 2 atom stereocenters. The van der Waals surface area contributed by atoms with Crippen LogP contribution in [0.15, 0.2) is 16.7 Å². The predicted octanol–water partition coefficient (Wildman–Crippen LogP) is 1.87. The third-order valence-corrected chi connectivity index (χ3v) is 3.76. The summed E-state index contributed by atoms with van der Waals surface area (Å²) in [6.07, 6.45) is 6.50. The van der Waals surface area contributed by atoms with E-state index in [2.05, 4.69) is 6.07 Å². The summed E-state index contributed by atoms with van der Waals surface area (Å²) in [6.45, 7) is 0.338. The Balaban J connectivity index is 2.02. The Bertz CT molecular complexity index is 329. The van der Waals surface area contributed by atoms with Crippen LogP contribution in [0.4, 0.5) is 0 Å². The van der Waals surface area contributed by atoms with Gasteiger partial charge >= 0.3 is 0 Å². The number of hydrogen-bond donors (Lipinski definition) is 1. The van der Waals surface area contributed by atoms with E-state index in [9.17, 15) is 0 Å². The largest absolute Gasteiger partial charge is 0.469 e. The lowest BCUT2D eigenvalue weighted by Gasteiger charge is -2.21. The molecule has 0 radical (unpaired) electrons.